The highest BCUT2D eigenvalue weighted by Gasteiger charge is 2.24. The minimum Gasteiger partial charge on any atom is -0.455 e. The molecule has 8 nitrogen and oxygen atoms in total. The highest BCUT2D eigenvalue weighted by atomic mass is 32.1. The number of carbonyl (C=O) groups excluding carboxylic acids is 3. The predicted molar refractivity (Wildman–Crippen MR) is 83.2 cm³/mol. The molecule has 2 rings (SSSR count). The van der Waals surface area contributed by atoms with Crippen molar-refractivity contribution in [3.63, 3.8) is 0 Å². The Morgan fingerprint density at radius 3 is 3.00 bits per heavy atom. The van der Waals surface area contributed by atoms with Crippen LogP contribution in [-0.4, -0.2) is 56.2 Å². The van der Waals surface area contributed by atoms with E-state index in [1.807, 2.05) is 0 Å². The van der Waals surface area contributed by atoms with E-state index < -0.39 is 5.97 Å². The third-order valence-corrected chi connectivity index (χ3v) is 4.07. The first-order chi connectivity index (χ1) is 11.1. The van der Waals surface area contributed by atoms with Crippen LogP contribution in [0.1, 0.15) is 18.5 Å². The Morgan fingerprint density at radius 1 is 1.48 bits per heavy atom. The Bertz CT molecular complexity index is 575. The van der Waals surface area contributed by atoms with Crippen molar-refractivity contribution in [2.24, 2.45) is 0 Å². The third-order valence-electron chi connectivity index (χ3n) is 3.16. The Labute approximate surface area is 137 Å². The van der Waals surface area contributed by atoms with Crippen LogP contribution in [0.5, 0.6) is 0 Å². The van der Waals surface area contributed by atoms with Crippen molar-refractivity contribution >= 4 is 34.3 Å². The van der Waals surface area contributed by atoms with Crippen molar-refractivity contribution in [2.45, 2.75) is 19.3 Å². The number of hydrogen-bond donors (Lipinski definition) is 1. The molecule has 0 saturated carbocycles. The van der Waals surface area contributed by atoms with E-state index in [2.05, 4.69) is 10.3 Å². The van der Waals surface area contributed by atoms with Crippen molar-refractivity contribution in [1.82, 2.24) is 10.3 Å². The van der Waals surface area contributed by atoms with Gasteiger partial charge in [0.1, 0.15) is 0 Å². The van der Waals surface area contributed by atoms with E-state index in [9.17, 15) is 14.4 Å². The normalized spacial score (nSPS) is 14.1. The van der Waals surface area contributed by atoms with E-state index >= 15 is 0 Å². The molecule has 2 amide bonds. The van der Waals surface area contributed by atoms with Crippen LogP contribution >= 0.6 is 11.3 Å². The van der Waals surface area contributed by atoms with Gasteiger partial charge in [-0.2, -0.15) is 0 Å². The lowest BCUT2D eigenvalue weighted by molar-refractivity contribution is -0.147. The van der Waals surface area contributed by atoms with E-state index in [0.717, 1.165) is 6.42 Å². The van der Waals surface area contributed by atoms with E-state index in [-0.39, 0.29) is 24.8 Å². The molecule has 0 aromatic carbocycles. The Morgan fingerprint density at radius 2 is 2.30 bits per heavy atom. The number of aromatic nitrogens is 1. The van der Waals surface area contributed by atoms with Crippen LogP contribution in [-0.2, 0) is 30.3 Å². The summed E-state index contributed by atoms with van der Waals surface area (Å²) in [4.78, 5) is 40.6. The molecule has 1 aliphatic heterocycles. The molecule has 23 heavy (non-hydrogen) atoms. The van der Waals surface area contributed by atoms with Crippen molar-refractivity contribution in [2.75, 3.05) is 38.3 Å². The van der Waals surface area contributed by atoms with Crippen LogP contribution in [0.25, 0.3) is 0 Å². The summed E-state index contributed by atoms with van der Waals surface area (Å²) in [6.07, 6.45) is 1.34. The molecule has 2 heterocycles. The molecule has 0 bridgehead atoms. The molecular formula is C14H19N3O5S. The maximum atomic E-state index is 11.7. The van der Waals surface area contributed by atoms with Gasteiger partial charge in [-0.15, -0.1) is 11.3 Å². The van der Waals surface area contributed by atoms with Crippen molar-refractivity contribution in [3.05, 3.63) is 11.1 Å². The molecule has 1 aliphatic rings. The molecule has 0 unspecified atom stereocenters. The van der Waals surface area contributed by atoms with Gasteiger partial charge < -0.3 is 14.8 Å². The molecule has 1 aromatic rings. The molecule has 1 fully saturated rings. The Kier molecular flexibility index (Phi) is 6.48. The number of rotatable bonds is 8. The minimum atomic E-state index is -0.531. The fourth-order valence-electron chi connectivity index (χ4n) is 2.04. The SMILES string of the molecule is COCCNC(=O)COC(=O)Cc1csc(N2CCCC2=O)n1. The second kappa shape index (κ2) is 8.59. The zero-order valence-electron chi connectivity index (χ0n) is 12.9. The van der Waals surface area contributed by atoms with Crippen molar-refractivity contribution < 1.29 is 23.9 Å². The number of carbonyl (C=O) groups is 3. The second-order valence-electron chi connectivity index (χ2n) is 4.95. The van der Waals surface area contributed by atoms with E-state index in [4.69, 9.17) is 9.47 Å². The number of amides is 2. The van der Waals surface area contributed by atoms with Crippen LogP contribution in [0.15, 0.2) is 5.38 Å². The summed E-state index contributed by atoms with van der Waals surface area (Å²) in [5.41, 5.74) is 0.537. The first-order valence-electron chi connectivity index (χ1n) is 7.26. The topological polar surface area (TPSA) is 97.8 Å². The quantitative estimate of drug-likeness (QED) is 0.533. The lowest BCUT2D eigenvalue weighted by Crippen LogP contribution is -2.31. The van der Waals surface area contributed by atoms with Gasteiger partial charge in [-0.05, 0) is 6.42 Å². The summed E-state index contributed by atoms with van der Waals surface area (Å²) in [7, 11) is 1.53. The summed E-state index contributed by atoms with van der Waals surface area (Å²) >= 11 is 1.32. The summed E-state index contributed by atoms with van der Waals surface area (Å²) in [6, 6.07) is 0. The zero-order valence-corrected chi connectivity index (χ0v) is 13.7. The molecule has 0 atom stereocenters. The highest BCUT2D eigenvalue weighted by Crippen LogP contribution is 2.25. The minimum absolute atomic E-state index is 0.0239. The molecule has 1 aromatic heterocycles. The highest BCUT2D eigenvalue weighted by molar-refractivity contribution is 7.14. The molecule has 0 spiro atoms. The van der Waals surface area contributed by atoms with Crippen LogP contribution in [0.2, 0.25) is 0 Å². The van der Waals surface area contributed by atoms with Crippen molar-refractivity contribution in [1.29, 1.82) is 0 Å². The van der Waals surface area contributed by atoms with Crippen LogP contribution in [0.3, 0.4) is 0 Å². The van der Waals surface area contributed by atoms with E-state index in [1.165, 1.54) is 18.4 Å². The number of thiazole rings is 1. The van der Waals surface area contributed by atoms with Gasteiger partial charge in [0.05, 0.1) is 18.7 Å². The predicted octanol–water partition coefficient (Wildman–Crippen LogP) is 0.118. The van der Waals surface area contributed by atoms with Crippen LogP contribution < -0.4 is 10.2 Å². The van der Waals surface area contributed by atoms with E-state index in [0.29, 0.717) is 36.9 Å². The van der Waals surface area contributed by atoms with Gasteiger partial charge in [-0.3, -0.25) is 19.3 Å². The van der Waals surface area contributed by atoms with Gasteiger partial charge in [-0.25, -0.2) is 4.98 Å². The van der Waals surface area contributed by atoms with Gasteiger partial charge >= 0.3 is 5.97 Å². The molecule has 1 N–H and O–H groups in total. The van der Waals surface area contributed by atoms with Gasteiger partial charge in [0.15, 0.2) is 11.7 Å². The molecule has 0 radical (unpaired) electrons. The smallest absolute Gasteiger partial charge is 0.312 e. The summed E-state index contributed by atoms with van der Waals surface area (Å²) < 4.78 is 9.68. The first kappa shape index (κ1) is 17.4. The largest absolute Gasteiger partial charge is 0.455 e. The number of nitrogens with zero attached hydrogens (tertiary/aromatic N) is 2. The van der Waals surface area contributed by atoms with Gasteiger partial charge in [0.2, 0.25) is 5.91 Å². The fourth-order valence-corrected chi connectivity index (χ4v) is 2.91. The van der Waals surface area contributed by atoms with Gasteiger partial charge in [0.25, 0.3) is 5.91 Å². The number of hydrogen-bond acceptors (Lipinski definition) is 7. The monoisotopic (exact) mass is 341 g/mol. The number of anilines is 1. The lowest BCUT2D eigenvalue weighted by atomic mass is 10.3. The number of ether oxygens (including phenoxy) is 2. The van der Waals surface area contributed by atoms with Gasteiger partial charge in [0, 0.05) is 32.0 Å². The number of esters is 1. The lowest BCUT2D eigenvalue weighted by Gasteiger charge is -2.10. The zero-order chi connectivity index (χ0) is 16.7. The molecule has 0 aliphatic carbocycles. The fraction of sp³-hybridized carbons (Fsp3) is 0.571. The molecular weight excluding hydrogens is 322 g/mol. The van der Waals surface area contributed by atoms with Gasteiger partial charge in [-0.1, -0.05) is 0 Å². The third kappa shape index (κ3) is 5.29. The Hall–Kier alpha value is -2.00. The molecule has 1 saturated heterocycles. The van der Waals surface area contributed by atoms with Crippen LogP contribution in [0, 0.1) is 0 Å². The van der Waals surface area contributed by atoms with E-state index in [1.54, 1.807) is 10.3 Å². The summed E-state index contributed by atoms with van der Waals surface area (Å²) in [5.74, 6) is -0.852. The second-order valence-corrected chi connectivity index (χ2v) is 5.79. The van der Waals surface area contributed by atoms with Crippen molar-refractivity contribution in [3.8, 4) is 0 Å². The number of nitrogens with one attached hydrogen (secondary N) is 1. The standard InChI is InChI=1S/C14H19N3O5S/c1-21-6-4-15-11(18)8-22-13(20)7-10-9-23-14(16-10)17-5-2-3-12(17)19/h9H,2-8H2,1H3,(H,15,18). The first-order valence-corrected chi connectivity index (χ1v) is 8.14. The summed E-state index contributed by atoms with van der Waals surface area (Å²) in [5, 5.41) is 4.88. The maximum Gasteiger partial charge on any atom is 0.312 e. The molecule has 9 heteroatoms. The van der Waals surface area contributed by atoms with Crippen LogP contribution in [0.4, 0.5) is 5.13 Å². The Balaban J connectivity index is 1.74. The maximum absolute atomic E-state index is 11.7. The summed E-state index contributed by atoms with van der Waals surface area (Å²) in [6.45, 7) is 1.10. The number of methoxy groups -OCH3 is 1. The average Bonchev–Trinajstić information content (AvgIpc) is 3.14. The molecule has 126 valence electrons. The average molecular weight is 341 g/mol.